The maximum Gasteiger partial charge on any atom is 0.225 e. The number of rotatable bonds is 6. The summed E-state index contributed by atoms with van der Waals surface area (Å²) in [5.74, 6) is 0.161. The van der Waals surface area contributed by atoms with Crippen LogP contribution in [0.3, 0.4) is 0 Å². The van der Waals surface area contributed by atoms with Gasteiger partial charge < -0.3 is 5.32 Å². The molecule has 150 valence electrons. The Morgan fingerprint density at radius 3 is 2.55 bits per heavy atom. The van der Waals surface area contributed by atoms with Crippen LogP contribution in [0.15, 0.2) is 54.6 Å². The minimum Gasteiger partial charge on any atom is -0.310 e. The van der Waals surface area contributed by atoms with Crippen LogP contribution in [0.2, 0.25) is 0 Å². The monoisotopic (exact) mass is 409 g/mol. The van der Waals surface area contributed by atoms with Gasteiger partial charge in [-0.3, -0.25) is 4.79 Å². The van der Waals surface area contributed by atoms with Crippen molar-refractivity contribution in [1.82, 2.24) is 9.78 Å². The van der Waals surface area contributed by atoms with Gasteiger partial charge in [-0.05, 0) is 37.0 Å². The molecule has 0 aliphatic carbocycles. The number of fused-ring (bicyclic) bond motifs is 1. The predicted molar refractivity (Wildman–Crippen MR) is 113 cm³/mol. The molecule has 7 heteroatoms. The standard InChI is InChI=1S/C22H23N3O3S/c1-16-8-5-6-12-20(16)25-22(18-14-29(27,28)15-19(18)24-25)23-21(26)13-7-11-17-9-3-2-4-10-17/h2-6,8-10,12H,7,11,13-15H2,1H3,(H,23,26). The number of anilines is 1. The van der Waals surface area contributed by atoms with Crippen LogP contribution in [-0.4, -0.2) is 24.1 Å². The molecule has 2 aromatic carbocycles. The molecule has 0 spiro atoms. The number of nitrogens with zero attached hydrogens (tertiary/aromatic N) is 2. The summed E-state index contributed by atoms with van der Waals surface area (Å²) in [6.07, 6.45) is 1.89. The predicted octanol–water partition coefficient (Wildman–Crippen LogP) is 3.57. The molecule has 0 unspecified atom stereocenters. The Kier molecular flexibility index (Phi) is 5.24. The molecule has 6 nitrogen and oxygen atoms in total. The summed E-state index contributed by atoms with van der Waals surface area (Å²) < 4.78 is 25.8. The third-order valence-corrected chi connectivity index (χ3v) is 6.54. The van der Waals surface area contributed by atoms with Crippen molar-refractivity contribution in [2.24, 2.45) is 0 Å². The fourth-order valence-corrected chi connectivity index (χ4v) is 5.13. The number of aryl methyl sites for hydroxylation is 2. The lowest BCUT2D eigenvalue weighted by atomic mass is 10.1. The fraction of sp³-hybridized carbons (Fsp3) is 0.273. The van der Waals surface area contributed by atoms with Crippen molar-refractivity contribution in [3.63, 3.8) is 0 Å². The van der Waals surface area contributed by atoms with E-state index in [9.17, 15) is 13.2 Å². The number of para-hydroxylation sites is 1. The van der Waals surface area contributed by atoms with E-state index in [-0.39, 0.29) is 17.4 Å². The van der Waals surface area contributed by atoms with Crippen LogP contribution in [-0.2, 0) is 32.6 Å². The molecule has 1 amide bonds. The molecule has 29 heavy (non-hydrogen) atoms. The van der Waals surface area contributed by atoms with E-state index in [1.54, 1.807) is 4.68 Å². The van der Waals surface area contributed by atoms with E-state index in [1.165, 1.54) is 5.56 Å². The quantitative estimate of drug-likeness (QED) is 0.675. The first-order chi connectivity index (χ1) is 13.9. The number of benzene rings is 2. The van der Waals surface area contributed by atoms with Gasteiger partial charge in [-0.25, -0.2) is 13.1 Å². The van der Waals surface area contributed by atoms with Gasteiger partial charge in [0.2, 0.25) is 5.91 Å². The smallest absolute Gasteiger partial charge is 0.225 e. The topological polar surface area (TPSA) is 81.1 Å². The number of sulfone groups is 1. The highest BCUT2D eigenvalue weighted by Gasteiger charge is 2.33. The van der Waals surface area contributed by atoms with Crippen LogP contribution in [0.4, 0.5) is 5.82 Å². The van der Waals surface area contributed by atoms with E-state index in [2.05, 4.69) is 10.4 Å². The Hall–Kier alpha value is -2.93. The van der Waals surface area contributed by atoms with Gasteiger partial charge in [0.1, 0.15) is 5.82 Å². The summed E-state index contributed by atoms with van der Waals surface area (Å²) in [4.78, 5) is 12.6. The average Bonchev–Trinajstić information content (AvgIpc) is 3.15. The van der Waals surface area contributed by atoms with Crippen molar-refractivity contribution in [2.75, 3.05) is 5.32 Å². The van der Waals surface area contributed by atoms with E-state index < -0.39 is 9.84 Å². The zero-order valence-electron chi connectivity index (χ0n) is 16.3. The van der Waals surface area contributed by atoms with Crippen LogP contribution in [0.5, 0.6) is 0 Å². The van der Waals surface area contributed by atoms with Crippen molar-refractivity contribution in [2.45, 2.75) is 37.7 Å². The van der Waals surface area contributed by atoms with E-state index in [4.69, 9.17) is 0 Å². The summed E-state index contributed by atoms with van der Waals surface area (Å²) in [5, 5.41) is 7.46. The van der Waals surface area contributed by atoms with E-state index in [0.29, 0.717) is 23.5 Å². The highest BCUT2D eigenvalue weighted by atomic mass is 32.2. The first kappa shape index (κ1) is 19.4. The van der Waals surface area contributed by atoms with Crippen LogP contribution >= 0.6 is 0 Å². The Labute approximate surface area is 170 Å². The molecule has 1 aliphatic rings. The largest absolute Gasteiger partial charge is 0.310 e. The number of carbonyl (C=O) groups excluding carboxylic acids is 1. The van der Waals surface area contributed by atoms with Crippen LogP contribution in [0, 0.1) is 6.92 Å². The molecule has 0 bridgehead atoms. The fourth-order valence-electron chi connectivity index (χ4n) is 3.64. The zero-order valence-corrected chi connectivity index (χ0v) is 17.1. The normalized spacial score (nSPS) is 14.5. The Morgan fingerprint density at radius 1 is 1.07 bits per heavy atom. The van der Waals surface area contributed by atoms with Crippen LogP contribution in [0.25, 0.3) is 5.69 Å². The molecular formula is C22H23N3O3S. The zero-order chi connectivity index (χ0) is 20.4. The van der Waals surface area contributed by atoms with E-state index in [0.717, 1.165) is 24.1 Å². The third kappa shape index (κ3) is 4.24. The van der Waals surface area contributed by atoms with Crippen molar-refractivity contribution in [3.8, 4) is 5.69 Å². The second-order valence-corrected chi connectivity index (χ2v) is 9.46. The van der Waals surface area contributed by atoms with Gasteiger partial charge >= 0.3 is 0 Å². The van der Waals surface area contributed by atoms with Gasteiger partial charge in [-0.1, -0.05) is 48.5 Å². The lowest BCUT2D eigenvalue weighted by molar-refractivity contribution is -0.116. The second kappa shape index (κ2) is 7.83. The van der Waals surface area contributed by atoms with Crippen molar-refractivity contribution < 1.29 is 13.2 Å². The molecular weight excluding hydrogens is 386 g/mol. The highest BCUT2D eigenvalue weighted by Crippen LogP contribution is 2.33. The Balaban J connectivity index is 1.56. The highest BCUT2D eigenvalue weighted by molar-refractivity contribution is 7.90. The Bertz CT molecular complexity index is 1150. The van der Waals surface area contributed by atoms with Crippen LogP contribution in [0.1, 0.15) is 35.2 Å². The molecule has 4 rings (SSSR count). The molecule has 0 atom stereocenters. The number of amides is 1. The molecule has 1 aliphatic heterocycles. The van der Waals surface area contributed by atoms with E-state index >= 15 is 0 Å². The summed E-state index contributed by atoms with van der Waals surface area (Å²) >= 11 is 0. The lowest BCUT2D eigenvalue weighted by Crippen LogP contribution is -2.17. The number of nitrogens with one attached hydrogen (secondary N) is 1. The Morgan fingerprint density at radius 2 is 1.79 bits per heavy atom. The van der Waals surface area contributed by atoms with Gasteiger partial charge in [0.05, 0.1) is 22.9 Å². The number of hydrogen-bond acceptors (Lipinski definition) is 4. The van der Waals surface area contributed by atoms with Crippen molar-refractivity contribution >= 4 is 21.6 Å². The number of aromatic nitrogens is 2. The molecule has 0 radical (unpaired) electrons. The van der Waals surface area contributed by atoms with E-state index in [1.807, 2.05) is 61.5 Å². The molecule has 0 saturated carbocycles. The minimum absolute atomic E-state index is 0.0852. The van der Waals surface area contributed by atoms with Gasteiger partial charge in [0.15, 0.2) is 9.84 Å². The maximum atomic E-state index is 12.6. The summed E-state index contributed by atoms with van der Waals surface area (Å²) in [6, 6.07) is 17.7. The van der Waals surface area contributed by atoms with Gasteiger partial charge in [-0.15, -0.1) is 0 Å². The van der Waals surface area contributed by atoms with Gasteiger partial charge in [0.25, 0.3) is 0 Å². The van der Waals surface area contributed by atoms with Gasteiger partial charge in [-0.2, -0.15) is 5.10 Å². The summed E-state index contributed by atoms with van der Waals surface area (Å²) in [7, 11) is -3.21. The molecule has 3 aromatic rings. The molecule has 2 heterocycles. The SMILES string of the molecule is Cc1ccccc1-n1nc2c(c1NC(=O)CCCc1ccccc1)CS(=O)(=O)C2. The molecule has 1 aromatic heterocycles. The molecule has 1 N–H and O–H groups in total. The third-order valence-electron chi connectivity index (χ3n) is 5.10. The van der Waals surface area contributed by atoms with Crippen molar-refractivity contribution in [3.05, 3.63) is 77.0 Å². The summed E-state index contributed by atoms with van der Waals surface area (Å²) in [5.41, 5.74) is 4.14. The van der Waals surface area contributed by atoms with Crippen molar-refractivity contribution in [1.29, 1.82) is 0 Å². The number of hydrogen-bond donors (Lipinski definition) is 1. The lowest BCUT2D eigenvalue weighted by Gasteiger charge is -2.13. The number of carbonyl (C=O) groups is 1. The average molecular weight is 410 g/mol. The molecule has 0 saturated heterocycles. The van der Waals surface area contributed by atoms with Gasteiger partial charge in [0, 0.05) is 12.0 Å². The molecule has 0 fully saturated rings. The van der Waals surface area contributed by atoms with Crippen LogP contribution < -0.4 is 5.32 Å². The minimum atomic E-state index is -3.21. The maximum absolute atomic E-state index is 12.6. The first-order valence-corrected chi connectivity index (χ1v) is 11.5. The summed E-state index contributed by atoms with van der Waals surface area (Å²) in [6.45, 7) is 1.96. The first-order valence-electron chi connectivity index (χ1n) is 9.64. The second-order valence-electron chi connectivity index (χ2n) is 7.39.